The minimum absolute atomic E-state index is 0.257. The van der Waals surface area contributed by atoms with E-state index in [4.69, 9.17) is 5.11 Å². The number of carbonyl (C=O) groups is 1. The SMILES string of the molecule is CC1(C)C(C(=O)O)=C1c1ccccc1. The highest BCUT2D eigenvalue weighted by molar-refractivity contribution is 6.11. The Hall–Kier alpha value is -1.57. The number of aliphatic carboxylic acids is 1. The number of hydrogen-bond acceptors (Lipinski definition) is 1. The van der Waals surface area contributed by atoms with E-state index < -0.39 is 5.97 Å². The first-order chi connectivity index (χ1) is 6.55. The molecule has 14 heavy (non-hydrogen) atoms. The van der Waals surface area contributed by atoms with Gasteiger partial charge in [-0.1, -0.05) is 44.2 Å². The monoisotopic (exact) mass is 188 g/mol. The van der Waals surface area contributed by atoms with Crippen LogP contribution in [0.25, 0.3) is 5.57 Å². The van der Waals surface area contributed by atoms with Crippen molar-refractivity contribution < 1.29 is 9.90 Å². The Morgan fingerprint density at radius 3 is 2.21 bits per heavy atom. The van der Waals surface area contributed by atoms with Crippen molar-refractivity contribution in [3.05, 3.63) is 41.5 Å². The van der Waals surface area contributed by atoms with Crippen LogP contribution in [0.1, 0.15) is 19.4 Å². The van der Waals surface area contributed by atoms with Gasteiger partial charge in [0.2, 0.25) is 0 Å². The molecule has 0 saturated heterocycles. The summed E-state index contributed by atoms with van der Waals surface area (Å²) in [7, 11) is 0. The normalized spacial score (nSPS) is 18.1. The van der Waals surface area contributed by atoms with Gasteiger partial charge in [0.05, 0.1) is 5.57 Å². The van der Waals surface area contributed by atoms with Gasteiger partial charge in [0.1, 0.15) is 0 Å². The van der Waals surface area contributed by atoms with Crippen molar-refractivity contribution in [1.82, 2.24) is 0 Å². The molecule has 0 heterocycles. The fourth-order valence-corrected chi connectivity index (χ4v) is 1.95. The molecule has 0 bridgehead atoms. The van der Waals surface area contributed by atoms with Gasteiger partial charge in [-0.15, -0.1) is 0 Å². The predicted octanol–water partition coefficient (Wildman–Crippen LogP) is 2.56. The molecule has 2 nitrogen and oxygen atoms in total. The number of rotatable bonds is 2. The number of allylic oxidation sites excluding steroid dienone is 1. The van der Waals surface area contributed by atoms with Crippen LogP contribution >= 0.6 is 0 Å². The van der Waals surface area contributed by atoms with Crippen LogP contribution in [0.3, 0.4) is 0 Å². The molecule has 0 unspecified atom stereocenters. The van der Waals surface area contributed by atoms with Crippen LogP contribution in [0, 0.1) is 5.41 Å². The van der Waals surface area contributed by atoms with E-state index in [0.29, 0.717) is 5.57 Å². The molecule has 1 aromatic rings. The summed E-state index contributed by atoms with van der Waals surface area (Å²) in [6.45, 7) is 3.89. The summed E-state index contributed by atoms with van der Waals surface area (Å²) in [4.78, 5) is 10.9. The van der Waals surface area contributed by atoms with Crippen molar-refractivity contribution in [1.29, 1.82) is 0 Å². The average molecular weight is 188 g/mol. The second kappa shape index (κ2) is 2.71. The molecular weight excluding hydrogens is 176 g/mol. The van der Waals surface area contributed by atoms with Crippen molar-refractivity contribution in [2.45, 2.75) is 13.8 Å². The maximum atomic E-state index is 10.9. The molecule has 0 aliphatic heterocycles. The van der Waals surface area contributed by atoms with E-state index in [1.54, 1.807) is 0 Å². The molecule has 1 aromatic carbocycles. The first-order valence-electron chi connectivity index (χ1n) is 4.59. The van der Waals surface area contributed by atoms with Gasteiger partial charge in [-0.25, -0.2) is 4.79 Å². The second-order valence-corrected chi connectivity index (χ2v) is 4.05. The van der Waals surface area contributed by atoms with Crippen LogP contribution in [-0.2, 0) is 4.79 Å². The molecule has 0 fully saturated rings. The van der Waals surface area contributed by atoms with E-state index in [1.807, 2.05) is 44.2 Å². The molecule has 0 spiro atoms. The Labute approximate surface area is 82.9 Å². The summed E-state index contributed by atoms with van der Waals surface area (Å²) < 4.78 is 0. The average Bonchev–Trinajstić information content (AvgIpc) is 2.71. The lowest BCUT2D eigenvalue weighted by molar-refractivity contribution is -0.132. The third-order valence-electron chi connectivity index (χ3n) is 2.71. The Morgan fingerprint density at radius 2 is 1.79 bits per heavy atom. The maximum Gasteiger partial charge on any atom is 0.332 e. The predicted molar refractivity (Wildman–Crippen MR) is 54.8 cm³/mol. The highest BCUT2D eigenvalue weighted by atomic mass is 16.4. The summed E-state index contributed by atoms with van der Waals surface area (Å²) in [5.41, 5.74) is 2.27. The molecule has 2 rings (SSSR count). The van der Waals surface area contributed by atoms with Gasteiger partial charge in [-0.2, -0.15) is 0 Å². The lowest BCUT2D eigenvalue weighted by Gasteiger charge is -2.03. The first kappa shape index (κ1) is 9.00. The van der Waals surface area contributed by atoms with Crippen molar-refractivity contribution in [2.75, 3.05) is 0 Å². The van der Waals surface area contributed by atoms with E-state index in [1.165, 1.54) is 0 Å². The van der Waals surface area contributed by atoms with Gasteiger partial charge in [-0.05, 0) is 11.1 Å². The topological polar surface area (TPSA) is 37.3 Å². The molecule has 0 atom stereocenters. The largest absolute Gasteiger partial charge is 0.478 e. The Morgan fingerprint density at radius 1 is 1.21 bits per heavy atom. The van der Waals surface area contributed by atoms with Crippen molar-refractivity contribution in [2.24, 2.45) is 5.41 Å². The molecule has 72 valence electrons. The van der Waals surface area contributed by atoms with Crippen LogP contribution in [0.2, 0.25) is 0 Å². The number of hydrogen-bond donors (Lipinski definition) is 1. The number of carboxylic acid groups (broad SMARTS) is 1. The zero-order valence-electron chi connectivity index (χ0n) is 8.24. The lowest BCUT2D eigenvalue weighted by atomic mass is 10.00. The minimum Gasteiger partial charge on any atom is -0.478 e. The summed E-state index contributed by atoms with van der Waals surface area (Å²) in [6, 6.07) is 9.69. The second-order valence-electron chi connectivity index (χ2n) is 4.05. The summed E-state index contributed by atoms with van der Waals surface area (Å²) >= 11 is 0. The third kappa shape index (κ3) is 1.15. The minimum atomic E-state index is -0.797. The Bertz CT molecular complexity index is 413. The van der Waals surface area contributed by atoms with Crippen LogP contribution in [0.15, 0.2) is 35.9 Å². The number of carboxylic acids is 1. The highest BCUT2D eigenvalue weighted by Gasteiger charge is 2.49. The third-order valence-corrected chi connectivity index (χ3v) is 2.71. The van der Waals surface area contributed by atoms with Gasteiger partial charge in [0.25, 0.3) is 0 Å². The van der Waals surface area contributed by atoms with Crippen LogP contribution in [-0.4, -0.2) is 11.1 Å². The quantitative estimate of drug-likeness (QED) is 0.774. The van der Waals surface area contributed by atoms with Crippen LogP contribution < -0.4 is 0 Å². The Balaban J connectivity index is 2.43. The highest BCUT2D eigenvalue weighted by Crippen LogP contribution is 2.57. The number of benzene rings is 1. The van der Waals surface area contributed by atoms with Gasteiger partial charge >= 0.3 is 5.97 Å². The Kier molecular flexibility index (Phi) is 1.74. The smallest absolute Gasteiger partial charge is 0.332 e. The summed E-state index contributed by atoms with van der Waals surface area (Å²) in [6.07, 6.45) is 0. The molecule has 0 radical (unpaired) electrons. The van der Waals surface area contributed by atoms with E-state index >= 15 is 0 Å². The summed E-state index contributed by atoms with van der Waals surface area (Å²) in [5.74, 6) is -0.797. The molecule has 0 amide bonds. The van der Waals surface area contributed by atoms with Gasteiger partial charge < -0.3 is 5.11 Å². The van der Waals surface area contributed by atoms with E-state index in [9.17, 15) is 4.79 Å². The van der Waals surface area contributed by atoms with Gasteiger partial charge in [0.15, 0.2) is 0 Å². The van der Waals surface area contributed by atoms with Crippen LogP contribution in [0.4, 0.5) is 0 Å². The lowest BCUT2D eigenvalue weighted by Crippen LogP contribution is -2.00. The van der Waals surface area contributed by atoms with Crippen molar-refractivity contribution >= 4 is 11.5 Å². The van der Waals surface area contributed by atoms with E-state index in [2.05, 4.69) is 0 Å². The fraction of sp³-hybridized carbons (Fsp3) is 0.250. The first-order valence-corrected chi connectivity index (χ1v) is 4.59. The molecule has 1 aliphatic carbocycles. The zero-order chi connectivity index (χ0) is 10.3. The standard InChI is InChI=1S/C12H12O2/c1-12(2)9(10(12)11(13)14)8-6-4-3-5-7-8/h3-7H,1-2H3,(H,13,14). The molecule has 1 N–H and O–H groups in total. The summed E-state index contributed by atoms with van der Waals surface area (Å²) in [5, 5.41) is 8.96. The van der Waals surface area contributed by atoms with E-state index in [-0.39, 0.29) is 5.41 Å². The zero-order valence-corrected chi connectivity index (χ0v) is 8.24. The maximum absolute atomic E-state index is 10.9. The van der Waals surface area contributed by atoms with Crippen molar-refractivity contribution in [3.8, 4) is 0 Å². The molecule has 0 saturated carbocycles. The van der Waals surface area contributed by atoms with Gasteiger partial charge in [-0.3, -0.25) is 0 Å². The van der Waals surface area contributed by atoms with Gasteiger partial charge in [0, 0.05) is 5.41 Å². The fourth-order valence-electron chi connectivity index (χ4n) is 1.95. The molecule has 0 aromatic heterocycles. The molecular formula is C12H12O2. The molecule has 2 heteroatoms. The van der Waals surface area contributed by atoms with Crippen LogP contribution in [0.5, 0.6) is 0 Å². The van der Waals surface area contributed by atoms with Crippen molar-refractivity contribution in [3.63, 3.8) is 0 Å². The molecule has 1 aliphatic rings. The van der Waals surface area contributed by atoms with E-state index in [0.717, 1.165) is 11.1 Å².